The Labute approximate surface area is 284 Å². The second-order valence-electron chi connectivity index (χ2n) is 12.0. The number of aromatic nitrogens is 3. The van der Waals surface area contributed by atoms with E-state index >= 15 is 0 Å². The topological polar surface area (TPSA) is 51.8 Å². The molecule has 4 nitrogen and oxygen atoms in total. The Hall–Kier alpha value is -6.65. The largest absolute Gasteiger partial charge is 0.455 e. The van der Waals surface area contributed by atoms with Gasteiger partial charge in [-0.15, -0.1) is 0 Å². The van der Waals surface area contributed by atoms with Gasteiger partial charge in [0, 0.05) is 45.4 Å². The van der Waals surface area contributed by atoms with Gasteiger partial charge in [-0.3, -0.25) is 4.98 Å². The summed E-state index contributed by atoms with van der Waals surface area (Å²) in [5, 5.41) is 2.12. The summed E-state index contributed by atoms with van der Waals surface area (Å²) in [5.74, 6) is 0. The van der Waals surface area contributed by atoms with E-state index in [9.17, 15) is 0 Å². The Balaban J connectivity index is 1.35. The second kappa shape index (κ2) is 12.2. The van der Waals surface area contributed by atoms with E-state index in [-0.39, 0.29) is 0 Å². The summed E-state index contributed by atoms with van der Waals surface area (Å²) in [6, 6.07) is 56.4. The van der Waals surface area contributed by atoms with Crippen molar-refractivity contribution in [3.8, 4) is 67.3 Å². The van der Waals surface area contributed by atoms with E-state index in [4.69, 9.17) is 14.4 Å². The summed E-state index contributed by atoms with van der Waals surface area (Å²) < 4.78 is 6.66. The third kappa shape index (κ3) is 5.26. The molecular weight excluding hydrogens is 599 g/mol. The van der Waals surface area contributed by atoms with Crippen LogP contribution in [0.25, 0.3) is 89.2 Å². The van der Waals surface area contributed by atoms with Crippen LogP contribution < -0.4 is 0 Å². The fraction of sp³-hybridized carbons (Fsp3) is 0. The zero-order valence-electron chi connectivity index (χ0n) is 26.5. The number of hydrogen-bond donors (Lipinski definition) is 0. The molecule has 0 fully saturated rings. The van der Waals surface area contributed by atoms with Crippen molar-refractivity contribution in [1.29, 1.82) is 0 Å². The number of benzene rings is 6. The molecule has 9 aromatic rings. The van der Waals surface area contributed by atoms with Crippen LogP contribution in [0, 0.1) is 0 Å². The first-order valence-electron chi connectivity index (χ1n) is 16.3. The van der Waals surface area contributed by atoms with Gasteiger partial charge in [-0.1, -0.05) is 133 Å². The average molecular weight is 628 g/mol. The maximum atomic E-state index is 6.66. The molecule has 0 unspecified atom stereocenters. The first-order chi connectivity index (χ1) is 24.3. The molecule has 3 heterocycles. The number of fused-ring (bicyclic) bond motifs is 3. The van der Waals surface area contributed by atoms with Crippen molar-refractivity contribution in [2.45, 2.75) is 0 Å². The van der Waals surface area contributed by atoms with Crippen LogP contribution >= 0.6 is 0 Å². The highest BCUT2D eigenvalue weighted by Gasteiger charge is 2.23. The normalized spacial score (nSPS) is 11.3. The number of furan rings is 1. The van der Waals surface area contributed by atoms with E-state index in [0.29, 0.717) is 0 Å². The van der Waals surface area contributed by atoms with E-state index < -0.39 is 0 Å². The van der Waals surface area contributed by atoms with Gasteiger partial charge >= 0.3 is 0 Å². The molecule has 0 N–H and O–H groups in total. The minimum atomic E-state index is 0.768. The molecule has 0 bridgehead atoms. The van der Waals surface area contributed by atoms with Crippen LogP contribution in [0.3, 0.4) is 0 Å². The SMILES string of the molecule is c1ccc(-c2cc(-c3nc(-c4ccccc4)c(-c4ccc(-c5ccncc5)cc4)nc3-c3ccccc3)c3oc4ccccc4c3c2)cc1. The van der Waals surface area contributed by atoms with Crippen LogP contribution in [-0.2, 0) is 0 Å². The van der Waals surface area contributed by atoms with Crippen molar-refractivity contribution in [3.63, 3.8) is 0 Å². The molecule has 0 radical (unpaired) electrons. The Morgan fingerprint density at radius 1 is 0.347 bits per heavy atom. The molecule has 9 rings (SSSR count). The van der Waals surface area contributed by atoms with Gasteiger partial charge in [0.05, 0.1) is 17.1 Å². The number of hydrogen-bond acceptors (Lipinski definition) is 4. The molecule has 0 saturated carbocycles. The summed E-state index contributed by atoms with van der Waals surface area (Å²) in [6.07, 6.45) is 3.64. The van der Waals surface area contributed by atoms with E-state index in [2.05, 4.69) is 102 Å². The monoisotopic (exact) mass is 627 g/mol. The molecule has 230 valence electrons. The van der Waals surface area contributed by atoms with Crippen LogP contribution in [0.2, 0.25) is 0 Å². The molecule has 6 aromatic carbocycles. The summed E-state index contributed by atoms with van der Waals surface area (Å²) in [7, 11) is 0. The molecule has 0 amide bonds. The average Bonchev–Trinajstić information content (AvgIpc) is 3.57. The molecule has 0 aliphatic heterocycles. The molecular formula is C45H29N3O. The summed E-state index contributed by atoms with van der Waals surface area (Å²) in [4.78, 5) is 15.3. The van der Waals surface area contributed by atoms with Gasteiger partial charge in [0.2, 0.25) is 0 Å². The highest BCUT2D eigenvalue weighted by Crippen LogP contribution is 2.43. The Kier molecular flexibility index (Phi) is 7.10. The maximum absolute atomic E-state index is 6.66. The minimum Gasteiger partial charge on any atom is -0.455 e. The standard InChI is InChI=1S/C45H29N3O/c1-4-12-30(13-5-1)36-28-38-37-18-10-11-19-40(37)49-45(38)39(29-36)44-43(34-16-8-3-9-17-34)47-42(41(48-44)33-14-6-2-7-15-33)35-22-20-31(21-23-35)32-24-26-46-27-25-32/h1-29H. The first-order valence-corrected chi connectivity index (χ1v) is 16.3. The van der Waals surface area contributed by atoms with Gasteiger partial charge in [0.1, 0.15) is 16.9 Å². The van der Waals surface area contributed by atoms with E-state index in [1.54, 1.807) is 0 Å². The fourth-order valence-corrected chi connectivity index (χ4v) is 6.58. The Morgan fingerprint density at radius 2 is 0.816 bits per heavy atom. The highest BCUT2D eigenvalue weighted by atomic mass is 16.3. The lowest BCUT2D eigenvalue weighted by molar-refractivity contribution is 0.670. The van der Waals surface area contributed by atoms with E-state index in [0.717, 1.165) is 89.2 Å². The molecule has 0 saturated heterocycles. The predicted octanol–water partition coefficient (Wildman–Crippen LogP) is 11.8. The second-order valence-corrected chi connectivity index (χ2v) is 12.0. The van der Waals surface area contributed by atoms with Crippen LogP contribution in [0.4, 0.5) is 0 Å². The van der Waals surface area contributed by atoms with Crippen molar-refractivity contribution in [2.24, 2.45) is 0 Å². The smallest absolute Gasteiger partial charge is 0.144 e. The van der Waals surface area contributed by atoms with Gasteiger partial charge in [0.15, 0.2) is 0 Å². The predicted molar refractivity (Wildman–Crippen MR) is 200 cm³/mol. The lowest BCUT2D eigenvalue weighted by Crippen LogP contribution is -2.01. The molecule has 49 heavy (non-hydrogen) atoms. The van der Waals surface area contributed by atoms with Gasteiger partial charge < -0.3 is 4.42 Å². The van der Waals surface area contributed by atoms with Crippen molar-refractivity contribution in [3.05, 3.63) is 176 Å². The quantitative estimate of drug-likeness (QED) is 0.184. The van der Waals surface area contributed by atoms with Crippen molar-refractivity contribution in [1.82, 2.24) is 15.0 Å². The number of nitrogens with zero attached hydrogens (tertiary/aromatic N) is 3. The van der Waals surface area contributed by atoms with Gasteiger partial charge in [-0.2, -0.15) is 0 Å². The molecule has 0 spiro atoms. The van der Waals surface area contributed by atoms with Crippen LogP contribution in [-0.4, -0.2) is 15.0 Å². The third-order valence-electron chi connectivity index (χ3n) is 9.00. The van der Waals surface area contributed by atoms with Crippen LogP contribution in [0.5, 0.6) is 0 Å². The molecule has 0 aliphatic rings. The fourth-order valence-electron chi connectivity index (χ4n) is 6.58. The minimum absolute atomic E-state index is 0.768. The van der Waals surface area contributed by atoms with Gasteiger partial charge in [0.25, 0.3) is 0 Å². The molecule has 0 atom stereocenters. The lowest BCUT2D eigenvalue weighted by Gasteiger charge is -2.17. The Morgan fingerprint density at radius 3 is 1.47 bits per heavy atom. The lowest BCUT2D eigenvalue weighted by atomic mass is 9.94. The maximum Gasteiger partial charge on any atom is 0.144 e. The summed E-state index contributed by atoms with van der Waals surface area (Å²) in [5.41, 5.74) is 13.1. The third-order valence-corrected chi connectivity index (χ3v) is 9.00. The number of rotatable bonds is 6. The van der Waals surface area contributed by atoms with E-state index in [1.807, 2.05) is 79.1 Å². The molecule has 0 aliphatic carbocycles. The van der Waals surface area contributed by atoms with Gasteiger partial charge in [-0.05, 0) is 52.6 Å². The first kappa shape index (κ1) is 28.6. The van der Waals surface area contributed by atoms with E-state index in [1.165, 1.54) is 0 Å². The Bertz CT molecular complexity index is 2560. The van der Waals surface area contributed by atoms with Crippen LogP contribution in [0.15, 0.2) is 181 Å². The molecule has 4 heteroatoms. The summed E-state index contributed by atoms with van der Waals surface area (Å²) >= 11 is 0. The zero-order valence-corrected chi connectivity index (χ0v) is 26.5. The van der Waals surface area contributed by atoms with Gasteiger partial charge in [-0.25, -0.2) is 9.97 Å². The zero-order chi connectivity index (χ0) is 32.6. The number of para-hydroxylation sites is 1. The van der Waals surface area contributed by atoms with Crippen LogP contribution in [0.1, 0.15) is 0 Å². The number of pyridine rings is 1. The van der Waals surface area contributed by atoms with Crippen molar-refractivity contribution in [2.75, 3.05) is 0 Å². The summed E-state index contributed by atoms with van der Waals surface area (Å²) in [6.45, 7) is 0. The molecule has 3 aromatic heterocycles. The van der Waals surface area contributed by atoms with Crippen molar-refractivity contribution >= 4 is 21.9 Å². The highest BCUT2D eigenvalue weighted by molar-refractivity contribution is 6.12. The van der Waals surface area contributed by atoms with Crippen molar-refractivity contribution < 1.29 is 4.42 Å².